The van der Waals surface area contributed by atoms with Gasteiger partial charge in [-0.15, -0.1) is 0 Å². The maximum Gasteiger partial charge on any atom is 0.264 e. The minimum atomic E-state index is -3.30. The van der Waals surface area contributed by atoms with E-state index in [0.717, 1.165) is 31.3 Å². The second-order valence-corrected chi connectivity index (χ2v) is 6.34. The predicted octanol–water partition coefficient (Wildman–Crippen LogP) is 2.95. The van der Waals surface area contributed by atoms with Crippen molar-refractivity contribution in [1.29, 1.82) is 0 Å². The lowest BCUT2D eigenvalue weighted by Crippen LogP contribution is -2.04. The summed E-state index contributed by atoms with van der Waals surface area (Å²) >= 11 is 0. The normalized spacial score (nSPS) is 13.2. The van der Waals surface area contributed by atoms with E-state index in [1.165, 1.54) is 5.56 Å². The van der Waals surface area contributed by atoms with Crippen LogP contribution in [0.5, 0.6) is 5.75 Å². The van der Waals surface area contributed by atoms with E-state index in [-0.39, 0.29) is 6.61 Å². The highest BCUT2D eigenvalue weighted by molar-refractivity contribution is 7.85. The number of methoxy groups -OCH3 is 1. The van der Waals surface area contributed by atoms with Crippen LogP contribution in [0.3, 0.4) is 0 Å². The minimum Gasteiger partial charge on any atom is -0.497 e. The number of ether oxygens (including phenoxy) is 1. The highest BCUT2D eigenvalue weighted by Gasteiger charge is 2.06. The molecule has 0 fully saturated rings. The summed E-state index contributed by atoms with van der Waals surface area (Å²) in [6, 6.07) is 8.05. The first-order valence-electron chi connectivity index (χ1n) is 6.40. The molecule has 1 rings (SSSR count). The summed E-state index contributed by atoms with van der Waals surface area (Å²) in [5.74, 6) is 1.31. The summed E-state index contributed by atoms with van der Waals surface area (Å²) in [7, 11) is -1.65. The number of unbranched alkanes of at least 4 members (excludes halogenated alkanes) is 1. The quantitative estimate of drug-likeness (QED) is 0.544. The number of rotatable bonds is 8. The van der Waals surface area contributed by atoms with Crippen molar-refractivity contribution >= 4 is 10.1 Å². The average molecular weight is 286 g/mol. The van der Waals surface area contributed by atoms with Crippen LogP contribution in [-0.2, 0) is 14.3 Å². The molecule has 0 aliphatic rings. The molecule has 0 N–H and O–H groups in total. The first-order chi connectivity index (χ1) is 8.92. The molecule has 1 atom stereocenters. The molecule has 1 aromatic rings. The Labute approximate surface area is 115 Å². The zero-order valence-corrected chi connectivity index (χ0v) is 12.6. The van der Waals surface area contributed by atoms with Crippen molar-refractivity contribution in [3.8, 4) is 5.75 Å². The molecule has 0 spiro atoms. The lowest BCUT2D eigenvalue weighted by molar-refractivity contribution is 0.309. The van der Waals surface area contributed by atoms with Gasteiger partial charge in [-0.05, 0) is 36.5 Å². The van der Waals surface area contributed by atoms with Crippen LogP contribution in [0.4, 0.5) is 0 Å². The van der Waals surface area contributed by atoms with Gasteiger partial charge in [-0.3, -0.25) is 4.18 Å². The third kappa shape index (κ3) is 6.59. The third-order valence-corrected chi connectivity index (χ3v) is 3.61. The Morgan fingerprint density at radius 3 is 2.32 bits per heavy atom. The molecule has 0 amide bonds. The minimum absolute atomic E-state index is 0.272. The Kier molecular flexibility index (Phi) is 6.31. The molecule has 108 valence electrons. The summed E-state index contributed by atoms with van der Waals surface area (Å²) in [5, 5.41) is 0. The Hall–Kier alpha value is -1.07. The number of benzene rings is 1. The van der Waals surface area contributed by atoms with Crippen molar-refractivity contribution in [2.45, 2.75) is 32.1 Å². The van der Waals surface area contributed by atoms with Crippen LogP contribution in [0.15, 0.2) is 24.3 Å². The molecule has 1 unspecified atom stereocenters. The van der Waals surface area contributed by atoms with Gasteiger partial charge in [0.25, 0.3) is 10.1 Å². The smallest absolute Gasteiger partial charge is 0.264 e. The molecule has 0 aliphatic heterocycles. The van der Waals surface area contributed by atoms with E-state index in [4.69, 9.17) is 8.92 Å². The van der Waals surface area contributed by atoms with E-state index in [0.29, 0.717) is 5.92 Å². The van der Waals surface area contributed by atoms with Crippen LogP contribution >= 0.6 is 0 Å². The Morgan fingerprint density at radius 1 is 1.16 bits per heavy atom. The summed E-state index contributed by atoms with van der Waals surface area (Å²) in [6.07, 6.45) is 3.79. The van der Waals surface area contributed by atoms with Gasteiger partial charge in [-0.2, -0.15) is 8.42 Å². The molecule has 0 aliphatic carbocycles. The zero-order valence-electron chi connectivity index (χ0n) is 11.8. The Balaban J connectivity index is 2.28. The number of hydrogen-bond acceptors (Lipinski definition) is 4. The molecule has 1 aromatic carbocycles. The van der Waals surface area contributed by atoms with Crippen molar-refractivity contribution < 1.29 is 17.3 Å². The molecule has 0 radical (unpaired) electrons. The van der Waals surface area contributed by atoms with Crippen molar-refractivity contribution in [3.05, 3.63) is 29.8 Å². The molecular weight excluding hydrogens is 264 g/mol. The van der Waals surface area contributed by atoms with Gasteiger partial charge in [0, 0.05) is 0 Å². The van der Waals surface area contributed by atoms with Gasteiger partial charge in [0.1, 0.15) is 5.75 Å². The van der Waals surface area contributed by atoms with Crippen LogP contribution in [0, 0.1) is 0 Å². The third-order valence-electron chi connectivity index (χ3n) is 3.01. The van der Waals surface area contributed by atoms with E-state index in [1.807, 2.05) is 12.1 Å². The maximum atomic E-state index is 10.8. The van der Waals surface area contributed by atoms with Crippen molar-refractivity contribution in [2.24, 2.45) is 0 Å². The van der Waals surface area contributed by atoms with E-state index in [9.17, 15) is 8.42 Å². The summed E-state index contributed by atoms with van der Waals surface area (Å²) in [6.45, 7) is 2.44. The van der Waals surface area contributed by atoms with Crippen molar-refractivity contribution in [2.75, 3.05) is 20.0 Å². The molecule has 4 nitrogen and oxygen atoms in total. The van der Waals surface area contributed by atoms with Crippen LogP contribution in [0.25, 0.3) is 0 Å². The van der Waals surface area contributed by atoms with E-state index in [2.05, 4.69) is 19.1 Å². The van der Waals surface area contributed by atoms with Gasteiger partial charge in [0.05, 0.1) is 20.0 Å². The summed E-state index contributed by atoms with van der Waals surface area (Å²) < 4.78 is 31.4. The Bertz CT molecular complexity index is 465. The fourth-order valence-electron chi connectivity index (χ4n) is 1.86. The molecule has 0 saturated heterocycles. The van der Waals surface area contributed by atoms with E-state index in [1.54, 1.807) is 7.11 Å². The Morgan fingerprint density at radius 2 is 1.79 bits per heavy atom. The molecule has 0 heterocycles. The fourth-order valence-corrected chi connectivity index (χ4v) is 2.28. The zero-order chi connectivity index (χ0) is 14.3. The van der Waals surface area contributed by atoms with Crippen LogP contribution < -0.4 is 4.74 Å². The standard InChI is InChI=1S/C14H22O4S/c1-12(6-4-5-11-18-19(3,15)16)13-7-9-14(17-2)10-8-13/h7-10,12H,4-6,11H2,1-3H3. The van der Waals surface area contributed by atoms with E-state index >= 15 is 0 Å². The van der Waals surface area contributed by atoms with Gasteiger partial charge in [0.2, 0.25) is 0 Å². The second kappa shape index (κ2) is 7.50. The second-order valence-electron chi connectivity index (χ2n) is 4.70. The van der Waals surface area contributed by atoms with Crippen LogP contribution in [0.1, 0.15) is 37.7 Å². The van der Waals surface area contributed by atoms with Gasteiger partial charge in [-0.1, -0.05) is 25.5 Å². The SMILES string of the molecule is COc1ccc(C(C)CCCCOS(C)(=O)=O)cc1. The highest BCUT2D eigenvalue weighted by atomic mass is 32.2. The molecule has 0 aromatic heterocycles. The molecule has 5 heteroatoms. The van der Waals surface area contributed by atoms with Gasteiger partial charge in [0.15, 0.2) is 0 Å². The lowest BCUT2D eigenvalue weighted by Gasteiger charge is -2.12. The fraction of sp³-hybridized carbons (Fsp3) is 0.571. The van der Waals surface area contributed by atoms with Crippen LogP contribution in [-0.4, -0.2) is 28.4 Å². The van der Waals surface area contributed by atoms with Crippen LogP contribution in [0.2, 0.25) is 0 Å². The monoisotopic (exact) mass is 286 g/mol. The maximum absolute atomic E-state index is 10.8. The van der Waals surface area contributed by atoms with Gasteiger partial charge >= 0.3 is 0 Å². The molecule has 0 saturated carbocycles. The summed E-state index contributed by atoms with van der Waals surface area (Å²) in [5.41, 5.74) is 1.27. The molecular formula is C14H22O4S. The van der Waals surface area contributed by atoms with Crippen molar-refractivity contribution in [3.63, 3.8) is 0 Å². The van der Waals surface area contributed by atoms with Crippen molar-refractivity contribution in [1.82, 2.24) is 0 Å². The number of hydrogen-bond donors (Lipinski definition) is 0. The van der Waals surface area contributed by atoms with Gasteiger partial charge in [-0.25, -0.2) is 0 Å². The average Bonchev–Trinajstić information content (AvgIpc) is 2.37. The largest absolute Gasteiger partial charge is 0.497 e. The lowest BCUT2D eigenvalue weighted by atomic mass is 9.95. The van der Waals surface area contributed by atoms with E-state index < -0.39 is 10.1 Å². The predicted molar refractivity (Wildman–Crippen MR) is 76.1 cm³/mol. The molecule has 19 heavy (non-hydrogen) atoms. The first-order valence-corrected chi connectivity index (χ1v) is 8.22. The topological polar surface area (TPSA) is 52.6 Å². The van der Waals surface area contributed by atoms with Gasteiger partial charge < -0.3 is 4.74 Å². The first kappa shape index (κ1) is 16.0. The molecule has 0 bridgehead atoms. The summed E-state index contributed by atoms with van der Waals surface area (Å²) in [4.78, 5) is 0. The highest BCUT2D eigenvalue weighted by Crippen LogP contribution is 2.23.